The van der Waals surface area contributed by atoms with Crippen molar-refractivity contribution in [3.05, 3.63) is 53.6 Å². The molecule has 0 amide bonds. The van der Waals surface area contributed by atoms with Crippen LogP contribution in [0.3, 0.4) is 0 Å². The maximum absolute atomic E-state index is 10.7. The Morgan fingerprint density at radius 1 is 1.05 bits per heavy atom. The highest BCUT2D eigenvalue weighted by molar-refractivity contribution is 5.97. The molecule has 0 spiro atoms. The third-order valence-electron chi connectivity index (χ3n) is 4.11. The number of aromatic hydroxyl groups is 1. The Morgan fingerprint density at radius 2 is 1.77 bits per heavy atom. The molecule has 3 N–H and O–H groups in total. The number of benzene rings is 3. The predicted octanol–water partition coefficient (Wildman–Crippen LogP) is 4.42. The zero-order valence-electron chi connectivity index (χ0n) is 13.0. The zero-order valence-corrected chi connectivity index (χ0v) is 13.0. The fourth-order valence-electron chi connectivity index (χ4n) is 3.13. The Kier molecular flexibility index (Phi) is 3.41. The van der Waals surface area contributed by atoms with Crippen molar-refractivity contribution in [3.63, 3.8) is 0 Å². The van der Waals surface area contributed by atoms with Gasteiger partial charge in [0.1, 0.15) is 11.5 Å². The van der Waals surface area contributed by atoms with E-state index in [1.54, 1.807) is 7.11 Å². The highest BCUT2D eigenvalue weighted by Crippen LogP contribution is 2.43. The van der Waals surface area contributed by atoms with E-state index in [9.17, 15) is 5.11 Å². The number of anilines is 1. The van der Waals surface area contributed by atoms with Gasteiger partial charge in [0, 0.05) is 27.8 Å². The van der Waals surface area contributed by atoms with E-state index in [2.05, 4.69) is 0 Å². The van der Waals surface area contributed by atoms with Crippen molar-refractivity contribution in [3.8, 4) is 22.6 Å². The largest absolute Gasteiger partial charge is 0.507 e. The van der Waals surface area contributed by atoms with Crippen LogP contribution in [0.15, 0.2) is 42.5 Å². The van der Waals surface area contributed by atoms with Crippen molar-refractivity contribution in [2.24, 2.45) is 0 Å². The standard InChI is InChI=1S/C19H19NO2/c1-11-10-16(20)17(12(2)19(11)22-3)15-9-8-13-6-4-5-7-14(13)18(15)21/h4-10,21H,20H2,1-3H3. The first kappa shape index (κ1) is 14.3. The van der Waals surface area contributed by atoms with Crippen molar-refractivity contribution in [1.29, 1.82) is 0 Å². The Hall–Kier alpha value is -2.68. The molecular weight excluding hydrogens is 274 g/mol. The van der Waals surface area contributed by atoms with Gasteiger partial charge in [-0.3, -0.25) is 0 Å². The average molecular weight is 293 g/mol. The van der Waals surface area contributed by atoms with Gasteiger partial charge in [0.05, 0.1) is 7.11 Å². The summed E-state index contributed by atoms with van der Waals surface area (Å²) in [4.78, 5) is 0. The van der Waals surface area contributed by atoms with E-state index in [0.717, 1.165) is 38.8 Å². The average Bonchev–Trinajstić information content (AvgIpc) is 2.50. The minimum Gasteiger partial charge on any atom is -0.507 e. The summed E-state index contributed by atoms with van der Waals surface area (Å²) in [6.07, 6.45) is 0. The molecule has 0 saturated heterocycles. The van der Waals surface area contributed by atoms with E-state index in [1.165, 1.54) is 0 Å². The fraction of sp³-hybridized carbons (Fsp3) is 0.158. The molecule has 3 aromatic rings. The van der Waals surface area contributed by atoms with Crippen LogP contribution in [0, 0.1) is 13.8 Å². The lowest BCUT2D eigenvalue weighted by molar-refractivity contribution is 0.409. The molecule has 3 rings (SSSR count). The van der Waals surface area contributed by atoms with Crippen LogP contribution in [0.25, 0.3) is 21.9 Å². The van der Waals surface area contributed by atoms with E-state index in [1.807, 2.05) is 56.3 Å². The SMILES string of the molecule is COc1c(C)cc(N)c(-c2ccc3ccccc3c2O)c1C. The van der Waals surface area contributed by atoms with Crippen LogP contribution in [-0.2, 0) is 0 Å². The van der Waals surface area contributed by atoms with Crippen molar-refractivity contribution < 1.29 is 9.84 Å². The molecule has 3 heteroatoms. The van der Waals surface area contributed by atoms with Gasteiger partial charge in [0.2, 0.25) is 0 Å². The number of hydrogen-bond donors (Lipinski definition) is 2. The van der Waals surface area contributed by atoms with Crippen LogP contribution in [0.2, 0.25) is 0 Å². The molecule has 0 radical (unpaired) electrons. The summed E-state index contributed by atoms with van der Waals surface area (Å²) in [5, 5.41) is 12.5. The van der Waals surface area contributed by atoms with Gasteiger partial charge in [-0.15, -0.1) is 0 Å². The third kappa shape index (κ3) is 2.06. The number of phenolic OH excluding ortho intramolecular Hbond substituents is 1. The van der Waals surface area contributed by atoms with Crippen LogP contribution in [-0.4, -0.2) is 12.2 Å². The quantitative estimate of drug-likeness (QED) is 0.688. The maximum atomic E-state index is 10.7. The van der Waals surface area contributed by atoms with Crippen molar-refractivity contribution in [1.82, 2.24) is 0 Å². The minimum atomic E-state index is 0.249. The highest BCUT2D eigenvalue weighted by atomic mass is 16.5. The number of methoxy groups -OCH3 is 1. The Balaban J connectivity index is 2.35. The van der Waals surface area contributed by atoms with E-state index in [0.29, 0.717) is 5.69 Å². The molecule has 22 heavy (non-hydrogen) atoms. The normalized spacial score (nSPS) is 10.9. The summed E-state index contributed by atoms with van der Waals surface area (Å²) in [7, 11) is 1.65. The highest BCUT2D eigenvalue weighted by Gasteiger charge is 2.17. The van der Waals surface area contributed by atoms with Gasteiger partial charge in [0.15, 0.2) is 0 Å². The third-order valence-corrected chi connectivity index (χ3v) is 4.11. The van der Waals surface area contributed by atoms with Crippen LogP contribution in [0.4, 0.5) is 5.69 Å². The lowest BCUT2D eigenvalue weighted by atomic mass is 9.93. The molecule has 0 unspecified atom stereocenters. The predicted molar refractivity (Wildman–Crippen MR) is 91.5 cm³/mol. The molecule has 0 saturated carbocycles. The van der Waals surface area contributed by atoms with Gasteiger partial charge in [-0.2, -0.15) is 0 Å². The molecule has 3 aromatic carbocycles. The Labute approximate surface area is 130 Å². The lowest BCUT2D eigenvalue weighted by Crippen LogP contribution is -1.99. The van der Waals surface area contributed by atoms with Crippen molar-refractivity contribution in [2.75, 3.05) is 12.8 Å². The summed E-state index contributed by atoms with van der Waals surface area (Å²) >= 11 is 0. The number of hydrogen-bond acceptors (Lipinski definition) is 3. The molecule has 0 aliphatic heterocycles. The van der Waals surface area contributed by atoms with Gasteiger partial charge >= 0.3 is 0 Å². The molecular formula is C19H19NO2. The topological polar surface area (TPSA) is 55.5 Å². The number of nitrogen functional groups attached to an aromatic ring is 1. The van der Waals surface area contributed by atoms with E-state index < -0.39 is 0 Å². The van der Waals surface area contributed by atoms with Gasteiger partial charge in [-0.25, -0.2) is 0 Å². The summed E-state index contributed by atoms with van der Waals surface area (Å²) in [5.74, 6) is 1.05. The first-order valence-electron chi connectivity index (χ1n) is 7.19. The smallest absolute Gasteiger partial charge is 0.131 e. The Morgan fingerprint density at radius 3 is 2.50 bits per heavy atom. The first-order valence-corrected chi connectivity index (χ1v) is 7.19. The molecule has 0 bridgehead atoms. The summed E-state index contributed by atoms with van der Waals surface area (Å²) in [6.45, 7) is 3.93. The second-order valence-corrected chi connectivity index (χ2v) is 5.50. The zero-order chi connectivity index (χ0) is 15.9. The number of nitrogens with two attached hydrogens (primary N) is 1. The lowest BCUT2D eigenvalue weighted by Gasteiger charge is -2.17. The van der Waals surface area contributed by atoms with E-state index >= 15 is 0 Å². The molecule has 0 aromatic heterocycles. The molecule has 0 atom stereocenters. The molecule has 0 fully saturated rings. The fourth-order valence-corrected chi connectivity index (χ4v) is 3.13. The van der Waals surface area contributed by atoms with Crippen LogP contribution >= 0.6 is 0 Å². The number of rotatable bonds is 2. The minimum absolute atomic E-state index is 0.249. The summed E-state index contributed by atoms with van der Waals surface area (Å²) < 4.78 is 5.48. The van der Waals surface area contributed by atoms with Crippen LogP contribution in [0.1, 0.15) is 11.1 Å². The maximum Gasteiger partial charge on any atom is 0.131 e. The molecule has 0 heterocycles. The number of phenols is 1. The second-order valence-electron chi connectivity index (χ2n) is 5.50. The molecule has 3 nitrogen and oxygen atoms in total. The number of aryl methyl sites for hydroxylation is 1. The van der Waals surface area contributed by atoms with Gasteiger partial charge in [-0.05, 0) is 36.9 Å². The number of ether oxygens (including phenoxy) is 1. The monoisotopic (exact) mass is 293 g/mol. The summed E-state index contributed by atoms with van der Waals surface area (Å²) in [5.41, 5.74) is 10.3. The van der Waals surface area contributed by atoms with Crippen molar-refractivity contribution >= 4 is 16.5 Å². The first-order chi connectivity index (χ1) is 10.5. The van der Waals surface area contributed by atoms with Gasteiger partial charge in [-0.1, -0.05) is 30.3 Å². The molecule has 112 valence electrons. The second kappa shape index (κ2) is 5.26. The van der Waals surface area contributed by atoms with Crippen LogP contribution < -0.4 is 10.5 Å². The molecule has 0 aliphatic carbocycles. The van der Waals surface area contributed by atoms with Gasteiger partial charge in [0.25, 0.3) is 0 Å². The summed E-state index contributed by atoms with van der Waals surface area (Å²) in [6, 6.07) is 13.5. The van der Waals surface area contributed by atoms with Crippen LogP contribution in [0.5, 0.6) is 11.5 Å². The number of fused-ring (bicyclic) bond motifs is 1. The van der Waals surface area contributed by atoms with E-state index in [-0.39, 0.29) is 5.75 Å². The van der Waals surface area contributed by atoms with Gasteiger partial charge < -0.3 is 15.6 Å². The molecule has 0 aliphatic rings. The Bertz CT molecular complexity index is 869. The van der Waals surface area contributed by atoms with E-state index in [4.69, 9.17) is 10.5 Å². The van der Waals surface area contributed by atoms with Crippen molar-refractivity contribution in [2.45, 2.75) is 13.8 Å².